The number of halogens is 1. The van der Waals surface area contributed by atoms with Gasteiger partial charge in [0, 0.05) is 20.8 Å². The summed E-state index contributed by atoms with van der Waals surface area (Å²) in [7, 11) is 0. The fourth-order valence-electron chi connectivity index (χ4n) is 1.01. The van der Waals surface area contributed by atoms with E-state index in [9.17, 15) is 4.79 Å². The molecule has 2 heterocycles. The van der Waals surface area contributed by atoms with E-state index in [4.69, 9.17) is 0 Å². The number of nitrogens with zero attached hydrogens (tertiary/aromatic N) is 2. The van der Waals surface area contributed by atoms with Gasteiger partial charge in [-0.2, -0.15) is 11.3 Å². The van der Waals surface area contributed by atoms with Gasteiger partial charge in [0.1, 0.15) is 4.88 Å². The summed E-state index contributed by atoms with van der Waals surface area (Å²) in [6.07, 6.45) is 0. The Labute approximate surface area is 97.1 Å². The van der Waals surface area contributed by atoms with Gasteiger partial charge in [-0.05, 0) is 34.4 Å². The van der Waals surface area contributed by atoms with E-state index in [2.05, 4.69) is 25.5 Å². The zero-order chi connectivity index (χ0) is 10.1. The smallest absolute Gasteiger partial charge is 0.208 e. The Morgan fingerprint density at radius 3 is 2.79 bits per heavy atom. The number of carbonyl (C=O) groups is 1. The summed E-state index contributed by atoms with van der Waals surface area (Å²) in [6, 6.07) is 0. The van der Waals surface area contributed by atoms with Gasteiger partial charge >= 0.3 is 0 Å². The minimum atomic E-state index is -0.00868. The van der Waals surface area contributed by atoms with Crippen LogP contribution >= 0.6 is 38.8 Å². The molecule has 3 nitrogen and oxygen atoms in total. The molecule has 0 aromatic carbocycles. The van der Waals surface area contributed by atoms with Gasteiger partial charge in [-0.25, -0.2) is 0 Å². The molecule has 6 heteroatoms. The van der Waals surface area contributed by atoms with Gasteiger partial charge in [-0.1, -0.05) is 4.49 Å². The standard InChI is InChI=1S/C8H5BrN2OS2/c1-4-8(14-11-10-4)7(12)5-2-13-3-6(5)9/h2-3H,1H3. The van der Waals surface area contributed by atoms with E-state index in [-0.39, 0.29) is 5.78 Å². The SMILES string of the molecule is Cc1nnsc1C(=O)c1cscc1Br. The van der Waals surface area contributed by atoms with Crippen LogP contribution in [-0.2, 0) is 0 Å². The minimum absolute atomic E-state index is 0.00868. The van der Waals surface area contributed by atoms with E-state index in [1.807, 2.05) is 10.8 Å². The number of aryl methyl sites for hydroxylation is 1. The molecule has 0 saturated heterocycles. The normalized spacial score (nSPS) is 10.4. The van der Waals surface area contributed by atoms with Gasteiger partial charge in [-0.3, -0.25) is 4.79 Å². The minimum Gasteiger partial charge on any atom is -0.287 e. The van der Waals surface area contributed by atoms with Crippen LogP contribution in [0.25, 0.3) is 0 Å². The Balaban J connectivity index is 2.44. The summed E-state index contributed by atoms with van der Waals surface area (Å²) in [6.45, 7) is 1.79. The van der Waals surface area contributed by atoms with Crippen LogP contribution in [0.4, 0.5) is 0 Å². The molecule has 2 rings (SSSR count). The lowest BCUT2D eigenvalue weighted by molar-refractivity contribution is 0.104. The van der Waals surface area contributed by atoms with Gasteiger partial charge < -0.3 is 0 Å². The molecule has 0 radical (unpaired) electrons. The van der Waals surface area contributed by atoms with Crippen molar-refractivity contribution in [1.29, 1.82) is 0 Å². The highest BCUT2D eigenvalue weighted by atomic mass is 79.9. The number of aromatic nitrogens is 2. The van der Waals surface area contributed by atoms with Crippen LogP contribution in [0.3, 0.4) is 0 Å². The zero-order valence-electron chi connectivity index (χ0n) is 7.15. The summed E-state index contributed by atoms with van der Waals surface area (Å²) >= 11 is 5.96. The Morgan fingerprint density at radius 2 is 2.29 bits per heavy atom. The Morgan fingerprint density at radius 1 is 1.50 bits per heavy atom. The molecule has 0 aliphatic carbocycles. The maximum atomic E-state index is 11.9. The average Bonchev–Trinajstić information content (AvgIpc) is 2.73. The maximum absolute atomic E-state index is 11.9. The third-order valence-corrected chi connectivity index (χ3v) is 4.25. The molecule has 72 valence electrons. The first-order valence-corrected chi connectivity index (χ1v) is 6.26. The van der Waals surface area contributed by atoms with E-state index in [0.717, 1.165) is 16.0 Å². The number of hydrogen-bond donors (Lipinski definition) is 0. The quantitative estimate of drug-likeness (QED) is 0.798. The number of hydrogen-bond acceptors (Lipinski definition) is 5. The Bertz CT molecular complexity index is 435. The van der Waals surface area contributed by atoms with Crippen molar-refractivity contribution in [2.24, 2.45) is 0 Å². The predicted molar refractivity (Wildman–Crippen MR) is 60.1 cm³/mol. The molecule has 2 aromatic rings. The third-order valence-electron chi connectivity index (χ3n) is 1.72. The van der Waals surface area contributed by atoms with Crippen molar-refractivity contribution in [3.63, 3.8) is 0 Å². The second kappa shape index (κ2) is 3.88. The molecule has 14 heavy (non-hydrogen) atoms. The summed E-state index contributed by atoms with van der Waals surface area (Å²) in [4.78, 5) is 12.5. The molecule has 0 unspecified atom stereocenters. The third kappa shape index (κ3) is 1.65. The molecule has 0 aliphatic heterocycles. The summed E-state index contributed by atoms with van der Waals surface area (Å²) in [5.41, 5.74) is 1.38. The summed E-state index contributed by atoms with van der Waals surface area (Å²) in [5.74, 6) is -0.00868. The largest absolute Gasteiger partial charge is 0.287 e. The number of thiophene rings is 1. The van der Waals surface area contributed by atoms with Crippen LogP contribution in [0.2, 0.25) is 0 Å². The first-order valence-electron chi connectivity index (χ1n) is 3.75. The van der Waals surface area contributed by atoms with E-state index in [0.29, 0.717) is 16.1 Å². The molecular formula is C8H5BrN2OS2. The van der Waals surface area contributed by atoms with Gasteiger partial charge in [0.25, 0.3) is 0 Å². The fourth-order valence-corrected chi connectivity index (χ4v) is 3.07. The van der Waals surface area contributed by atoms with Gasteiger partial charge in [0.2, 0.25) is 5.78 Å². The molecule has 2 aromatic heterocycles. The van der Waals surface area contributed by atoms with Crippen molar-refractivity contribution >= 4 is 44.6 Å². The lowest BCUT2D eigenvalue weighted by atomic mass is 10.2. The first-order chi connectivity index (χ1) is 6.70. The second-order valence-corrected chi connectivity index (χ2v) is 5.00. The van der Waals surface area contributed by atoms with Gasteiger partial charge in [-0.15, -0.1) is 5.10 Å². The van der Waals surface area contributed by atoms with Crippen LogP contribution in [0.1, 0.15) is 20.9 Å². The van der Waals surface area contributed by atoms with Crippen LogP contribution in [-0.4, -0.2) is 15.4 Å². The average molecular weight is 289 g/mol. The molecule has 0 spiro atoms. The molecule has 0 amide bonds. The predicted octanol–water partition coefficient (Wildman–Crippen LogP) is 2.90. The topological polar surface area (TPSA) is 42.9 Å². The highest BCUT2D eigenvalue weighted by molar-refractivity contribution is 9.10. The van der Waals surface area contributed by atoms with Gasteiger partial charge in [0.05, 0.1) is 5.69 Å². The molecule has 0 fully saturated rings. The van der Waals surface area contributed by atoms with Crippen molar-refractivity contribution in [3.8, 4) is 0 Å². The number of ketones is 1. The molecular weight excluding hydrogens is 284 g/mol. The van der Waals surface area contributed by atoms with Crippen molar-refractivity contribution in [2.45, 2.75) is 6.92 Å². The summed E-state index contributed by atoms with van der Waals surface area (Å²) in [5, 5.41) is 7.52. The van der Waals surface area contributed by atoms with Gasteiger partial charge in [0.15, 0.2) is 0 Å². The highest BCUT2D eigenvalue weighted by Crippen LogP contribution is 2.25. The maximum Gasteiger partial charge on any atom is 0.208 e. The van der Waals surface area contributed by atoms with E-state index < -0.39 is 0 Å². The molecule has 0 bridgehead atoms. The van der Waals surface area contributed by atoms with E-state index in [1.165, 1.54) is 11.3 Å². The van der Waals surface area contributed by atoms with E-state index in [1.54, 1.807) is 6.92 Å². The molecule has 0 atom stereocenters. The van der Waals surface area contributed by atoms with Crippen molar-refractivity contribution < 1.29 is 4.79 Å². The molecule has 0 N–H and O–H groups in total. The van der Waals surface area contributed by atoms with Crippen LogP contribution in [0, 0.1) is 6.92 Å². The van der Waals surface area contributed by atoms with E-state index >= 15 is 0 Å². The fraction of sp³-hybridized carbons (Fsp3) is 0.125. The van der Waals surface area contributed by atoms with Crippen molar-refractivity contribution in [2.75, 3.05) is 0 Å². The highest BCUT2D eigenvalue weighted by Gasteiger charge is 2.18. The van der Waals surface area contributed by atoms with Crippen LogP contribution in [0.15, 0.2) is 15.2 Å². The van der Waals surface area contributed by atoms with Crippen LogP contribution in [0.5, 0.6) is 0 Å². The van der Waals surface area contributed by atoms with Crippen molar-refractivity contribution in [1.82, 2.24) is 9.59 Å². The first kappa shape index (κ1) is 9.95. The molecule has 0 aliphatic rings. The Kier molecular flexibility index (Phi) is 2.76. The Hall–Kier alpha value is -0.590. The second-order valence-electron chi connectivity index (χ2n) is 2.65. The number of rotatable bonds is 2. The lowest BCUT2D eigenvalue weighted by Crippen LogP contribution is -1.99. The lowest BCUT2D eigenvalue weighted by Gasteiger charge is -1.94. The van der Waals surface area contributed by atoms with Crippen LogP contribution < -0.4 is 0 Å². The monoisotopic (exact) mass is 288 g/mol. The number of carbonyl (C=O) groups excluding carboxylic acids is 1. The summed E-state index contributed by atoms with van der Waals surface area (Å²) < 4.78 is 4.57. The zero-order valence-corrected chi connectivity index (χ0v) is 10.4. The molecule has 0 saturated carbocycles. The van der Waals surface area contributed by atoms with Crippen molar-refractivity contribution in [3.05, 3.63) is 31.4 Å².